The number of nitrogens with one attached hydrogen (secondary N) is 2. The summed E-state index contributed by atoms with van der Waals surface area (Å²) in [5, 5.41) is 6.42. The highest BCUT2D eigenvalue weighted by molar-refractivity contribution is 14.1. The van der Waals surface area contributed by atoms with Gasteiger partial charge >= 0.3 is 5.97 Å². The molecular formula is C25H20IN3O4. The van der Waals surface area contributed by atoms with Gasteiger partial charge in [0.05, 0.1) is 18.3 Å². The quantitative estimate of drug-likeness (QED) is 0.111. The number of nitrogens with zero attached hydrogens (tertiary/aromatic N) is 1. The number of halogens is 1. The van der Waals surface area contributed by atoms with Crippen molar-refractivity contribution in [1.82, 2.24) is 10.7 Å². The Balaban J connectivity index is 1.42. The molecule has 3 aromatic rings. The third kappa shape index (κ3) is 8.00. The minimum atomic E-state index is -0.486. The Labute approximate surface area is 204 Å². The van der Waals surface area contributed by atoms with E-state index in [1.54, 1.807) is 42.5 Å². The summed E-state index contributed by atoms with van der Waals surface area (Å²) >= 11 is 2.06. The first-order chi connectivity index (χ1) is 16.0. The van der Waals surface area contributed by atoms with Crippen molar-refractivity contribution in [3.05, 3.63) is 105 Å². The Morgan fingerprint density at radius 3 is 2.30 bits per heavy atom. The van der Waals surface area contributed by atoms with Gasteiger partial charge in [-0.25, -0.2) is 10.2 Å². The monoisotopic (exact) mass is 553 g/mol. The topological polar surface area (TPSA) is 96.9 Å². The van der Waals surface area contributed by atoms with Gasteiger partial charge in [-0.3, -0.25) is 9.59 Å². The first-order valence-corrected chi connectivity index (χ1v) is 11.0. The highest BCUT2D eigenvalue weighted by Crippen LogP contribution is 2.12. The van der Waals surface area contributed by atoms with Crippen LogP contribution in [0.4, 0.5) is 0 Å². The van der Waals surface area contributed by atoms with Crippen LogP contribution in [0.3, 0.4) is 0 Å². The van der Waals surface area contributed by atoms with Crippen molar-refractivity contribution in [3.63, 3.8) is 0 Å². The van der Waals surface area contributed by atoms with Crippen LogP contribution in [0.25, 0.3) is 6.08 Å². The molecule has 0 atom stereocenters. The van der Waals surface area contributed by atoms with Crippen LogP contribution in [0.2, 0.25) is 0 Å². The number of hydrogen-bond donors (Lipinski definition) is 2. The number of hydrazone groups is 1. The lowest BCUT2D eigenvalue weighted by Crippen LogP contribution is -2.35. The van der Waals surface area contributed by atoms with Crippen molar-refractivity contribution in [2.75, 3.05) is 6.54 Å². The standard InChI is InChI=1S/C25H20IN3O4/c26-22-9-5-4-8-21(22)25(32)27-17-23(30)29-28-16-19-10-13-20(14-11-19)33-24(31)15-12-18-6-2-1-3-7-18/h1-16H,17H2,(H,27,32)(H,29,30)/b15-12+,28-16-. The van der Waals surface area contributed by atoms with E-state index in [9.17, 15) is 14.4 Å². The number of carbonyl (C=O) groups excluding carboxylic acids is 3. The van der Waals surface area contributed by atoms with E-state index in [0.717, 1.165) is 9.13 Å². The summed E-state index contributed by atoms with van der Waals surface area (Å²) in [6.45, 7) is -0.202. The van der Waals surface area contributed by atoms with Crippen molar-refractivity contribution in [2.24, 2.45) is 5.10 Å². The van der Waals surface area contributed by atoms with Gasteiger partial charge in [0.15, 0.2) is 0 Å². The van der Waals surface area contributed by atoms with E-state index >= 15 is 0 Å². The summed E-state index contributed by atoms with van der Waals surface area (Å²) in [6.07, 6.45) is 4.48. The summed E-state index contributed by atoms with van der Waals surface area (Å²) in [5.74, 6) is -0.888. The van der Waals surface area contributed by atoms with Crippen LogP contribution in [0.1, 0.15) is 21.5 Å². The van der Waals surface area contributed by atoms with Crippen LogP contribution in [-0.4, -0.2) is 30.5 Å². The van der Waals surface area contributed by atoms with Gasteiger partial charge in [0.1, 0.15) is 5.75 Å². The molecular weight excluding hydrogens is 533 g/mol. The summed E-state index contributed by atoms with van der Waals surface area (Å²) in [5.41, 5.74) is 4.45. The second kappa shape index (κ2) is 12.3. The molecule has 2 amide bonds. The number of carbonyl (C=O) groups is 3. The van der Waals surface area contributed by atoms with E-state index in [4.69, 9.17) is 4.74 Å². The van der Waals surface area contributed by atoms with E-state index in [-0.39, 0.29) is 12.5 Å². The average Bonchev–Trinajstić information content (AvgIpc) is 2.83. The summed E-state index contributed by atoms with van der Waals surface area (Å²) < 4.78 is 6.05. The highest BCUT2D eigenvalue weighted by atomic mass is 127. The minimum Gasteiger partial charge on any atom is -0.423 e. The lowest BCUT2D eigenvalue weighted by Gasteiger charge is -2.05. The molecule has 8 heteroatoms. The molecule has 0 spiro atoms. The predicted octanol–water partition coefficient (Wildman–Crippen LogP) is 3.79. The Morgan fingerprint density at radius 1 is 0.879 bits per heavy atom. The zero-order valence-corrected chi connectivity index (χ0v) is 19.6. The van der Waals surface area contributed by atoms with E-state index < -0.39 is 11.9 Å². The average molecular weight is 553 g/mol. The van der Waals surface area contributed by atoms with E-state index in [2.05, 4.69) is 38.4 Å². The third-order valence-corrected chi connectivity index (χ3v) is 5.18. The number of amides is 2. The lowest BCUT2D eigenvalue weighted by atomic mass is 10.2. The van der Waals surface area contributed by atoms with Crippen molar-refractivity contribution in [1.29, 1.82) is 0 Å². The fourth-order valence-corrected chi connectivity index (χ4v) is 3.25. The molecule has 33 heavy (non-hydrogen) atoms. The maximum absolute atomic E-state index is 12.1. The molecule has 3 rings (SSSR count). The second-order valence-corrected chi connectivity index (χ2v) is 7.85. The molecule has 7 nitrogen and oxygen atoms in total. The van der Waals surface area contributed by atoms with Gasteiger partial charge in [0.25, 0.3) is 11.8 Å². The second-order valence-electron chi connectivity index (χ2n) is 6.69. The number of hydrogen-bond acceptors (Lipinski definition) is 5. The minimum absolute atomic E-state index is 0.202. The SMILES string of the molecule is O=C(CNC(=O)c1ccccc1I)N/N=C\c1ccc(OC(=O)/C=C/c2ccccc2)cc1. The summed E-state index contributed by atoms with van der Waals surface area (Å²) in [7, 11) is 0. The van der Waals surface area contributed by atoms with Crippen molar-refractivity contribution in [3.8, 4) is 5.75 Å². The number of benzene rings is 3. The molecule has 0 radical (unpaired) electrons. The molecule has 166 valence electrons. The van der Waals surface area contributed by atoms with Gasteiger partial charge in [-0.1, -0.05) is 42.5 Å². The lowest BCUT2D eigenvalue weighted by molar-refractivity contribution is -0.129. The molecule has 2 N–H and O–H groups in total. The first kappa shape index (κ1) is 23.9. The van der Waals surface area contributed by atoms with Gasteiger partial charge in [-0.2, -0.15) is 5.10 Å². The number of ether oxygens (including phenoxy) is 1. The number of esters is 1. The smallest absolute Gasteiger partial charge is 0.336 e. The van der Waals surface area contributed by atoms with Crippen molar-refractivity contribution in [2.45, 2.75) is 0 Å². The fourth-order valence-electron chi connectivity index (χ4n) is 2.62. The summed E-state index contributed by atoms with van der Waals surface area (Å²) in [4.78, 5) is 35.9. The van der Waals surface area contributed by atoms with Gasteiger partial charge in [-0.05, 0) is 76.2 Å². The van der Waals surface area contributed by atoms with Gasteiger partial charge in [-0.15, -0.1) is 0 Å². The van der Waals surface area contributed by atoms with E-state index in [1.165, 1.54) is 12.3 Å². The van der Waals surface area contributed by atoms with Crippen LogP contribution >= 0.6 is 22.6 Å². The van der Waals surface area contributed by atoms with Crippen LogP contribution in [0.5, 0.6) is 5.75 Å². The molecule has 0 aliphatic heterocycles. The third-order valence-electron chi connectivity index (χ3n) is 4.24. The molecule has 0 saturated heterocycles. The predicted molar refractivity (Wildman–Crippen MR) is 135 cm³/mol. The van der Waals surface area contributed by atoms with Crippen LogP contribution in [0, 0.1) is 3.57 Å². The highest BCUT2D eigenvalue weighted by Gasteiger charge is 2.10. The van der Waals surface area contributed by atoms with Gasteiger partial charge in [0.2, 0.25) is 0 Å². The molecule has 0 unspecified atom stereocenters. The van der Waals surface area contributed by atoms with E-state index in [0.29, 0.717) is 16.9 Å². The molecule has 0 heterocycles. The van der Waals surface area contributed by atoms with Crippen LogP contribution < -0.4 is 15.5 Å². The fraction of sp³-hybridized carbons (Fsp3) is 0.0400. The molecule has 0 saturated carbocycles. The maximum atomic E-state index is 12.1. The zero-order valence-electron chi connectivity index (χ0n) is 17.4. The largest absolute Gasteiger partial charge is 0.423 e. The molecule has 0 aliphatic rings. The van der Waals surface area contributed by atoms with Crippen LogP contribution in [0.15, 0.2) is 90.0 Å². The Hall–Kier alpha value is -3.79. The summed E-state index contributed by atoms with van der Waals surface area (Å²) in [6, 6.07) is 23.2. The zero-order chi connectivity index (χ0) is 23.5. The Kier molecular flexibility index (Phi) is 8.89. The first-order valence-electron chi connectivity index (χ1n) is 9.91. The normalized spacial score (nSPS) is 10.8. The molecule has 0 fully saturated rings. The van der Waals surface area contributed by atoms with Crippen molar-refractivity contribution < 1.29 is 19.1 Å². The van der Waals surface area contributed by atoms with Gasteiger partial charge < -0.3 is 10.1 Å². The molecule has 0 aliphatic carbocycles. The Morgan fingerprint density at radius 2 is 1.58 bits per heavy atom. The van der Waals surface area contributed by atoms with Crippen LogP contribution in [-0.2, 0) is 9.59 Å². The Bertz CT molecular complexity index is 1180. The van der Waals surface area contributed by atoms with Crippen molar-refractivity contribution >= 4 is 52.7 Å². The molecule has 0 aromatic heterocycles. The molecule has 0 bridgehead atoms. The van der Waals surface area contributed by atoms with Gasteiger partial charge in [0, 0.05) is 9.65 Å². The molecule has 3 aromatic carbocycles. The number of rotatable bonds is 8. The van der Waals surface area contributed by atoms with E-state index in [1.807, 2.05) is 42.5 Å². The maximum Gasteiger partial charge on any atom is 0.336 e.